The fourth-order valence-electron chi connectivity index (χ4n) is 2.16. The molecule has 2 heterocycles. The van der Waals surface area contributed by atoms with E-state index in [0.717, 1.165) is 12.0 Å². The molecular formula is C13H17N3O3. The molecule has 1 aliphatic rings. The number of nitrogens with one attached hydrogen (secondary N) is 1. The number of pyridine rings is 1. The Bertz CT molecular complexity index is 450. The topological polar surface area (TPSA) is 82.5 Å². The van der Waals surface area contributed by atoms with Crippen molar-refractivity contribution >= 4 is 12.0 Å². The standard InChI is InChI=1S/C13H17N3O3/c17-12(18)11-4-2-6-16(9-11)13(19)15-8-10-3-1-5-14-7-10/h1,3,5,7,11H,2,4,6,8-9H2,(H,15,19)(H,17,18)/t11-/m1/s1. The van der Waals surface area contributed by atoms with E-state index in [0.29, 0.717) is 19.5 Å². The number of carboxylic acid groups (broad SMARTS) is 1. The van der Waals surface area contributed by atoms with E-state index in [1.807, 2.05) is 12.1 Å². The van der Waals surface area contributed by atoms with Gasteiger partial charge in [0.1, 0.15) is 0 Å². The zero-order valence-corrected chi connectivity index (χ0v) is 10.6. The molecule has 1 aromatic rings. The fourth-order valence-corrected chi connectivity index (χ4v) is 2.16. The van der Waals surface area contributed by atoms with Crippen LogP contribution in [-0.4, -0.2) is 40.1 Å². The molecule has 19 heavy (non-hydrogen) atoms. The van der Waals surface area contributed by atoms with Gasteiger partial charge >= 0.3 is 12.0 Å². The summed E-state index contributed by atoms with van der Waals surface area (Å²) in [6.45, 7) is 1.30. The van der Waals surface area contributed by atoms with Crippen molar-refractivity contribution in [3.8, 4) is 0 Å². The van der Waals surface area contributed by atoms with Crippen molar-refractivity contribution in [2.75, 3.05) is 13.1 Å². The van der Waals surface area contributed by atoms with Gasteiger partial charge in [-0.1, -0.05) is 6.07 Å². The molecule has 0 spiro atoms. The minimum absolute atomic E-state index is 0.213. The van der Waals surface area contributed by atoms with E-state index in [2.05, 4.69) is 10.3 Å². The number of rotatable bonds is 3. The van der Waals surface area contributed by atoms with Crippen molar-refractivity contribution in [2.24, 2.45) is 5.92 Å². The highest BCUT2D eigenvalue weighted by molar-refractivity contribution is 5.76. The van der Waals surface area contributed by atoms with E-state index < -0.39 is 11.9 Å². The number of likely N-dealkylation sites (tertiary alicyclic amines) is 1. The molecule has 1 saturated heterocycles. The minimum Gasteiger partial charge on any atom is -0.481 e. The molecule has 1 fully saturated rings. The second-order valence-electron chi connectivity index (χ2n) is 4.64. The summed E-state index contributed by atoms with van der Waals surface area (Å²) in [6, 6.07) is 3.47. The van der Waals surface area contributed by atoms with Crippen LogP contribution < -0.4 is 5.32 Å². The number of nitrogens with zero attached hydrogens (tertiary/aromatic N) is 2. The first kappa shape index (κ1) is 13.3. The number of hydrogen-bond donors (Lipinski definition) is 2. The molecule has 0 bridgehead atoms. The minimum atomic E-state index is -0.829. The maximum absolute atomic E-state index is 11.9. The summed E-state index contributed by atoms with van der Waals surface area (Å²) in [5, 5.41) is 11.8. The van der Waals surface area contributed by atoms with E-state index >= 15 is 0 Å². The second kappa shape index (κ2) is 6.17. The summed E-state index contributed by atoms with van der Waals surface area (Å²) >= 11 is 0. The van der Waals surface area contributed by atoms with Crippen LogP contribution >= 0.6 is 0 Å². The van der Waals surface area contributed by atoms with Crippen LogP contribution in [0.1, 0.15) is 18.4 Å². The maximum atomic E-state index is 11.9. The first-order valence-electron chi connectivity index (χ1n) is 6.31. The van der Waals surface area contributed by atoms with E-state index in [1.165, 1.54) is 0 Å². The quantitative estimate of drug-likeness (QED) is 0.855. The molecule has 6 heteroatoms. The van der Waals surface area contributed by atoms with Gasteiger partial charge in [0.2, 0.25) is 0 Å². The first-order chi connectivity index (χ1) is 9.16. The van der Waals surface area contributed by atoms with Crippen LogP contribution in [0.3, 0.4) is 0 Å². The van der Waals surface area contributed by atoms with Gasteiger partial charge in [0.05, 0.1) is 5.92 Å². The highest BCUT2D eigenvalue weighted by Gasteiger charge is 2.27. The number of urea groups is 1. The number of aliphatic carboxylic acids is 1. The number of carbonyl (C=O) groups excluding carboxylic acids is 1. The lowest BCUT2D eigenvalue weighted by Gasteiger charge is -2.30. The third kappa shape index (κ3) is 3.67. The Hall–Kier alpha value is -2.11. The fraction of sp³-hybridized carbons (Fsp3) is 0.462. The van der Waals surface area contributed by atoms with Crippen molar-refractivity contribution in [1.29, 1.82) is 0 Å². The highest BCUT2D eigenvalue weighted by Crippen LogP contribution is 2.16. The highest BCUT2D eigenvalue weighted by atomic mass is 16.4. The van der Waals surface area contributed by atoms with Crippen molar-refractivity contribution in [3.63, 3.8) is 0 Å². The number of carboxylic acids is 1. The molecule has 0 aliphatic carbocycles. The van der Waals surface area contributed by atoms with Crippen LogP contribution in [0.25, 0.3) is 0 Å². The molecule has 2 N–H and O–H groups in total. The van der Waals surface area contributed by atoms with Gasteiger partial charge in [-0.05, 0) is 24.5 Å². The summed E-state index contributed by atoms with van der Waals surface area (Å²) in [5.74, 6) is -1.28. The molecule has 0 radical (unpaired) electrons. The summed E-state index contributed by atoms with van der Waals surface area (Å²) in [7, 11) is 0. The molecule has 2 amide bonds. The number of carbonyl (C=O) groups is 2. The summed E-state index contributed by atoms with van der Waals surface area (Å²) in [5.41, 5.74) is 0.919. The van der Waals surface area contributed by atoms with Crippen LogP contribution in [0.2, 0.25) is 0 Å². The van der Waals surface area contributed by atoms with Gasteiger partial charge in [0.25, 0.3) is 0 Å². The van der Waals surface area contributed by atoms with Crippen molar-refractivity contribution in [1.82, 2.24) is 15.2 Å². The van der Waals surface area contributed by atoms with Crippen molar-refractivity contribution in [2.45, 2.75) is 19.4 Å². The Kier molecular flexibility index (Phi) is 4.33. The Balaban J connectivity index is 1.84. The number of hydrogen-bond acceptors (Lipinski definition) is 3. The van der Waals surface area contributed by atoms with Gasteiger partial charge in [-0.25, -0.2) is 4.79 Å². The number of aromatic nitrogens is 1. The van der Waals surface area contributed by atoms with Crippen LogP contribution in [0.4, 0.5) is 4.79 Å². The lowest BCUT2D eigenvalue weighted by molar-refractivity contribution is -0.143. The van der Waals surface area contributed by atoms with E-state index in [-0.39, 0.29) is 12.6 Å². The predicted molar refractivity (Wildman–Crippen MR) is 68.4 cm³/mol. The Labute approximate surface area is 111 Å². The van der Waals surface area contributed by atoms with Crippen LogP contribution in [-0.2, 0) is 11.3 Å². The monoisotopic (exact) mass is 263 g/mol. The summed E-state index contributed by atoms with van der Waals surface area (Å²) < 4.78 is 0. The average molecular weight is 263 g/mol. The molecule has 1 aromatic heterocycles. The van der Waals surface area contributed by atoms with Gasteiger partial charge in [-0.2, -0.15) is 0 Å². The molecule has 6 nitrogen and oxygen atoms in total. The third-order valence-corrected chi connectivity index (χ3v) is 3.22. The molecule has 0 unspecified atom stereocenters. The number of piperidine rings is 1. The molecule has 1 atom stereocenters. The molecule has 0 aromatic carbocycles. The summed E-state index contributed by atoms with van der Waals surface area (Å²) in [6.07, 6.45) is 4.74. The molecular weight excluding hydrogens is 246 g/mol. The molecule has 102 valence electrons. The second-order valence-corrected chi connectivity index (χ2v) is 4.64. The van der Waals surface area contributed by atoms with E-state index in [1.54, 1.807) is 17.3 Å². The maximum Gasteiger partial charge on any atom is 0.317 e. The molecule has 2 rings (SSSR count). The first-order valence-corrected chi connectivity index (χ1v) is 6.31. The van der Waals surface area contributed by atoms with Crippen LogP contribution in [0.5, 0.6) is 0 Å². The third-order valence-electron chi connectivity index (χ3n) is 3.22. The SMILES string of the molecule is O=C(O)[C@@H]1CCCN(C(=O)NCc2cccnc2)C1. The van der Waals surface area contributed by atoms with Crippen molar-refractivity contribution < 1.29 is 14.7 Å². The smallest absolute Gasteiger partial charge is 0.317 e. The summed E-state index contributed by atoms with van der Waals surface area (Å²) in [4.78, 5) is 28.4. The Morgan fingerprint density at radius 1 is 1.53 bits per heavy atom. The van der Waals surface area contributed by atoms with Gasteiger partial charge in [0, 0.05) is 32.0 Å². The zero-order valence-electron chi connectivity index (χ0n) is 10.6. The normalized spacial score (nSPS) is 18.9. The Morgan fingerprint density at radius 3 is 3.05 bits per heavy atom. The Morgan fingerprint density at radius 2 is 2.37 bits per heavy atom. The van der Waals surface area contributed by atoms with Gasteiger partial charge in [0.15, 0.2) is 0 Å². The van der Waals surface area contributed by atoms with Gasteiger partial charge < -0.3 is 15.3 Å². The average Bonchev–Trinajstić information content (AvgIpc) is 2.46. The lowest BCUT2D eigenvalue weighted by Crippen LogP contribution is -2.46. The van der Waals surface area contributed by atoms with Crippen molar-refractivity contribution in [3.05, 3.63) is 30.1 Å². The number of amides is 2. The lowest BCUT2D eigenvalue weighted by atomic mass is 9.99. The van der Waals surface area contributed by atoms with Gasteiger partial charge in [-0.3, -0.25) is 9.78 Å². The van der Waals surface area contributed by atoms with Gasteiger partial charge in [-0.15, -0.1) is 0 Å². The predicted octanol–water partition coefficient (Wildman–Crippen LogP) is 1.09. The van der Waals surface area contributed by atoms with Crippen LogP contribution in [0, 0.1) is 5.92 Å². The van der Waals surface area contributed by atoms with Crippen LogP contribution in [0.15, 0.2) is 24.5 Å². The van der Waals surface area contributed by atoms with E-state index in [4.69, 9.17) is 5.11 Å². The zero-order chi connectivity index (χ0) is 13.7. The largest absolute Gasteiger partial charge is 0.481 e. The van der Waals surface area contributed by atoms with E-state index in [9.17, 15) is 9.59 Å². The molecule has 1 aliphatic heterocycles. The molecule has 0 saturated carbocycles.